The Kier molecular flexibility index (Phi) is 4.63. The van der Waals surface area contributed by atoms with Crippen LogP contribution in [0.5, 0.6) is 0 Å². The summed E-state index contributed by atoms with van der Waals surface area (Å²) in [7, 11) is 0. The van der Waals surface area contributed by atoms with E-state index in [9.17, 15) is 0 Å². The van der Waals surface area contributed by atoms with Crippen molar-refractivity contribution in [1.82, 2.24) is 5.32 Å². The van der Waals surface area contributed by atoms with Crippen LogP contribution in [0.2, 0.25) is 0 Å². The number of benzene rings is 1. The maximum Gasteiger partial charge on any atom is 0.0584 e. The summed E-state index contributed by atoms with van der Waals surface area (Å²) in [5.41, 5.74) is 1.26. The molecule has 0 fully saturated rings. The Morgan fingerprint density at radius 3 is 2.43 bits per heavy atom. The molecule has 0 saturated heterocycles. The van der Waals surface area contributed by atoms with Crippen LogP contribution in [0.25, 0.3) is 0 Å². The van der Waals surface area contributed by atoms with Gasteiger partial charge in [-0.15, -0.1) is 0 Å². The Bertz CT molecular complexity index is 244. The molecule has 0 amide bonds. The van der Waals surface area contributed by atoms with Crippen molar-refractivity contribution in [2.75, 3.05) is 6.61 Å². The molecule has 0 bridgehead atoms. The lowest BCUT2D eigenvalue weighted by molar-refractivity contribution is 0.230. The molecule has 2 N–H and O–H groups in total. The van der Waals surface area contributed by atoms with Gasteiger partial charge >= 0.3 is 0 Å². The lowest BCUT2D eigenvalue weighted by Gasteiger charge is -2.20. The summed E-state index contributed by atoms with van der Waals surface area (Å²) < 4.78 is 0. The van der Waals surface area contributed by atoms with E-state index in [0.29, 0.717) is 6.04 Å². The van der Waals surface area contributed by atoms with Gasteiger partial charge in [0.2, 0.25) is 0 Å². The van der Waals surface area contributed by atoms with Crippen LogP contribution in [0.3, 0.4) is 0 Å². The minimum Gasteiger partial charge on any atom is -0.395 e. The first-order valence-electron chi connectivity index (χ1n) is 5.19. The highest BCUT2D eigenvalue weighted by Gasteiger charge is 2.09. The minimum absolute atomic E-state index is 0.199. The maximum atomic E-state index is 9.06. The molecule has 14 heavy (non-hydrogen) atoms. The lowest BCUT2D eigenvalue weighted by atomic mass is 10.1. The highest BCUT2D eigenvalue weighted by atomic mass is 16.3. The molecule has 0 spiro atoms. The third-order valence-corrected chi connectivity index (χ3v) is 2.50. The van der Waals surface area contributed by atoms with E-state index in [1.165, 1.54) is 5.56 Å². The van der Waals surface area contributed by atoms with Crippen LogP contribution in [0, 0.1) is 0 Å². The Labute approximate surface area is 86.0 Å². The van der Waals surface area contributed by atoms with Gasteiger partial charge in [0.05, 0.1) is 6.61 Å². The van der Waals surface area contributed by atoms with E-state index in [-0.39, 0.29) is 12.6 Å². The molecule has 0 aliphatic heterocycles. The second-order valence-corrected chi connectivity index (χ2v) is 3.59. The van der Waals surface area contributed by atoms with Gasteiger partial charge < -0.3 is 10.4 Å². The first-order chi connectivity index (χ1) is 6.77. The van der Waals surface area contributed by atoms with Crippen LogP contribution in [-0.4, -0.2) is 17.8 Å². The number of aliphatic hydroxyl groups is 1. The standard InChI is InChI=1S/C12H19NO/c1-3-12(9-14)13-10(2)11-7-5-4-6-8-11/h4-8,10,12-14H,3,9H2,1-2H3/t10?,12-/m1/s1. The van der Waals surface area contributed by atoms with Crippen molar-refractivity contribution in [3.63, 3.8) is 0 Å². The van der Waals surface area contributed by atoms with Crippen LogP contribution < -0.4 is 5.32 Å². The zero-order valence-corrected chi connectivity index (χ0v) is 8.90. The van der Waals surface area contributed by atoms with Crippen molar-refractivity contribution < 1.29 is 5.11 Å². The Morgan fingerprint density at radius 2 is 1.93 bits per heavy atom. The summed E-state index contributed by atoms with van der Waals surface area (Å²) >= 11 is 0. The molecule has 2 heteroatoms. The van der Waals surface area contributed by atoms with Gasteiger partial charge in [0.1, 0.15) is 0 Å². The molecule has 2 nitrogen and oxygen atoms in total. The zero-order chi connectivity index (χ0) is 10.4. The van der Waals surface area contributed by atoms with Gasteiger partial charge in [0, 0.05) is 12.1 Å². The lowest BCUT2D eigenvalue weighted by Crippen LogP contribution is -2.33. The molecule has 0 radical (unpaired) electrons. The van der Waals surface area contributed by atoms with E-state index in [4.69, 9.17) is 5.11 Å². The quantitative estimate of drug-likeness (QED) is 0.750. The maximum absolute atomic E-state index is 9.06. The molecule has 1 aromatic carbocycles. The predicted octanol–water partition coefficient (Wildman–Crippen LogP) is 2.11. The van der Waals surface area contributed by atoms with Gasteiger partial charge in [0.15, 0.2) is 0 Å². The fraction of sp³-hybridized carbons (Fsp3) is 0.500. The number of aliphatic hydroxyl groups excluding tert-OH is 1. The number of hydrogen-bond donors (Lipinski definition) is 2. The monoisotopic (exact) mass is 193 g/mol. The van der Waals surface area contributed by atoms with E-state index in [2.05, 4.69) is 31.3 Å². The van der Waals surface area contributed by atoms with Gasteiger partial charge in [-0.3, -0.25) is 0 Å². The molecule has 78 valence electrons. The van der Waals surface area contributed by atoms with Gasteiger partial charge in [-0.25, -0.2) is 0 Å². The Morgan fingerprint density at radius 1 is 1.29 bits per heavy atom. The van der Waals surface area contributed by atoms with Crippen LogP contribution in [0.1, 0.15) is 31.9 Å². The zero-order valence-electron chi connectivity index (χ0n) is 8.90. The highest BCUT2D eigenvalue weighted by molar-refractivity contribution is 5.18. The third-order valence-electron chi connectivity index (χ3n) is 2.50. The summed E-state index contributed by atoms with van der Waals surface area (Å²) in [6, 6.07) is 10.8. The predicted molar refractivity (Wildman–Crippen MR) is 59.2 cm³/mol. The topological polar surface area (TPSA) is 32.3 Å². The number of rotatable bonds is 5. The van der Waals surface area contributed by atoms with Gasteiger partial charge in [-0.1, -0.05) is 37.3 Å². The second-order valence-electron chi connectivity index (χ2n) is 3.59. The molecule has 1 aromatic rings. The van der Waals surface area contributed by atoms with E-state index < -0.39 is 0 Å². The fourth-order valence-corrected chi connectivity index (χ4v) is 1.49. The average molecular weight is 193 g/mol. The average Bonchev–Trinajstić information content (AvgIpc) is 2.26. The van der Waals surface area contributed by atoms with Crippen molar-refractivity contribution in [2.24, 2.45) is 0 Å². The molecule has 0 saturated carbocycles. The van der Waals surface area contributed by atoms with Gasteiger partial charge in [-0.2, -0.15) is 0 Å². The first-order valence-corrected chi connectivity index (χ1v) is 5.19. The number of nitrogens with one attached hydrogen (secondary N) is 1. The summed E-state index contributed by atoms with van der Waals surface area (Å²) in [5, 5.41) is 12.4. The second kappa shape index (κ2) is 5.78. The van der Waals surface area contributed by atoms with Crippen molar-refractivity contribution in [1.29, 1.82) is 0 Å². The largest absolute Gasteiger partial charge is 0.395 e. The smallest absolute Gasteiger partial charge is 0.0584 e. The molecule has 1 rings (SSSR count). The van der Waals surface area contributed by atoms with Crippen LogP contribution in [-0.2, 0) is 0 Å². The van der Waals surface area contributed by atoms with Crippen LogP contribution in [0.15, 0.2) is 30.3 Å². The Balaban J connectivity index is 2.54. The molecule has 2 atom stereocenters. The highest BCUT2D eigenvalue weighted by Crippen LogP contribution is 2.12. The van der Waals surface area contributed by atoms with Gasteiger partial charge in [-0.05, 0) is 18.9 Å². The molecule has 1 unspecified atom stereocenters. The molecule has 0 aliphatic rings. The Hall–Kier alpha value is -0.860. The van der Waals surface area contributed by atoms with E-state index in [1.54, 1.807) is 0 Å². The summed E-state index contributed by atoms with van der Waals surface area (Å²) in [6.07, 6.45) is 0.952. The van der Waals surface area contributed by atoms with Crippen LogP contribution >= 0.6 is 0 Å². The first kappa shape index (κ1) is 11.2. The summed E-state index contributed by atoms with van der Waals surface area (Å²) in [4.78, 5) is 0. The molecule has 0 aromatic heterocycles. The van der Waals surface area contributed by atoms with Crippen molar-refractivity contribution in [3.8, 4) is 0 Å². The van der Waals surface area contributed by atoms with Gasteiger partial charge in [0.25, 0.3) is 0 Å². The van der Waals surface area contributed by atoms with E-state index in [1.807, 2.05) is 18.2 Å². The third kappa shape index (κ3) is 3.13. The minimum atomic E-state index is 0.199. The van der Waals surface area contributed by atoms with Crippen molar-refractivity contribution in [2.45, 2.75) is 32.4 Å². The summed E-state index contributed by atoms with van der Waals surface area (Å²) in [6.45, 7) is 4.40. The number of hydrogen-bond acceptors (Lipinski definition) is 2. The SMILES string of the molecule is CC[C@H](CO)NC(C)c1ccccc1. The van der Waals surface area contributed by atoms with Crippen molar-refractivity contribution >= 4 is 0 Å². The van der Waals surface area contributed by atoms with Crippen molar-refractivity contribution in [3.05, 3.63) is 35.9 Å². The van der Waals surface area contributed by atoms with Crippen LogP contribution in [0.4, 0.5) is 0 Å². The van der Waals surface area contributed by atoms with E-state index in [0.717, 1.165) is 6.42 Å². The van der Waals surface area contributed by atoms with E-state index >= 15 is 0 Å². The molecule has 0 aliphatic carbocycles. The molecule has 0 heterocycles. The summed E-state index contributed by atoms with van der Waals surface area (Å²) in [5.74, 6) is 0. The fourth-order valence-electron chi connectivity index (χ4n) is 1.49. The molecular weight excluding hydrogens is 174 g/mol. The molecular formula is C12H19NO. The normalized spacial score (nSPS) is 15.1.